The summed E-state index contributed by atoms with van der Waals surface area (Å²) < 4.78 is 5.99. The van der Waals surface area contributed by atoms with Gasteiger partial charge in [-0.2, -0.15) is 0 Å². The lowest BCUT2D eigenvalue weighted by Crippen LogP contribution is -2.22. The summed E-state index contributed by atoms with van der Waals surface area (Å²) in [5.74, 6) is 1.04. The molecule has 3 nitrogen and oxygen atoms in total. The Bertz CT molecular complexity index is 457. The summed E-state index contributed by atoms with van der Waals surface area (Å²) in [6.07, 6.45) is 2.29. The smallest absolute Gasteiger partial charge is 0.122 e. The monoisotopic (exact) mass is 306 g/mol. The van der Waals surface area contributed by atoms with E-state index >= 15 is 0 Å². The van der Waals surface area contributed by atoms with E-state index in [1.54, 1.807) is 0 Å². The normalized spacial score (nSPS) is 13.0. The zero-order valence-corrected chi connectivity index (χ0v) is 15.6. The van der Waals surface area contributed by atoms with Crippen molar-refractivity contribution < 1.29 is 4.74 Å². The first kappa shape index (κ1) is 19.0. The Balaban J connectivity index is 2.66. The predicted octanol–water partition coefficient (Wildman–Crippen LogP) is 4.04. The molecule has 0 N–H and O–H groups in total. The molecule has 1 aromatic carbocycles. The molecule has 0 aromatic heterocycles. The van der Waals surface area contributed by atoms with Gasteiger partial charge in [0, 0.05) is 6.04 Å². The van der Waals surface area contributed by atoms with Gasteiger partial charge in [-0.15, -0.1) is 0 Å². The van der Waals surface area contributed by atoms with Crippen LogP contribution in [0.4, 0.5) is 0 Å². The fourth-order valence-electron chi connectivity index (χ4n) is 2.65. The summed E-state index contributed by atoms with van der Waals surface area (Å²) in [6, 6.07) is 4.82. The minimum Gasteiger partial charge on any atom is -0.493 e. The van der Waals surface area contributed by atoms with Crippen molar-refractivity contribution in [2.24, 2.45) is 0 Å². The Morgan fingerprint density at radius 3 is 2.32 bits per heavy atom. The molecular formula is C19H34N2O. The van der Waals surface area contributed by atoms with Gasteiger partial charge >= 0.3 is 0 Å². The number of nitrogens with zero attached hydrogens (tertiary/aromatic N) is 2. The molecule has 1 rings (SSSR count). The van der Waals surface area contributed by atoms with Crippen molar-refractivity contribution in [3.63, 3.8) is 0 Å². The van der Waals surface area contributed by atoms with E-state index < -0.39 is 0 Å². The zero-order valence-electron chi connectivity index (χ0n) is 15.6. The molecule has 3 heteroatoms. The molecule has 0 spiro atoms. The molecule has 1 aromatic rings. The standard InChI is InChI=1S/C19H34N2O/c1-8-21(7)17(4)18-11-12-19(16(3)15(18)2)22-14-10-9-13-20(5)6/h11-12,17H,8-10,13-14H2,1-7H3. The quantitative estimate of drug-likeness (QED) is 0.640. The van der Waals surface area contributed by atoms with Crippen molar-refractivity contribution in [2.45, 2.75) is 46.6 Å². The van der Waals surface area contributed by atoms with Gasteiger partial charge in [0.15, 0.2) is 0 Å². The van der Waals surface area contributed by atoms with E-state index in [-0.39, 0.29) is 0 Å². The number of hydrogen-bond acceptors (Lipinski definition) is 3. The van der Waals surface area contributed by atoms with Crippen molar-refractivity contribution in [1.29, 1.82) is 0 Å². The molecule has 0 aliphatic carbocycles. The van der Waals surface area contributed by atoms with E-state index in [1.807, 2.05) is 0 Å². The van der Waals surface area contributed by atoms with Gasteiger partial charge in [0.05, 0.1) is 6.61 Å². The Hall–Kier alpha value is -1.06. The fourth-order valence-corrected chi connectivity index (χ4v) is 2.65. The van der Waals surface area contributed by atoms with Crippen LogP contribution in [0.2, 0.25) is 0 Å². The molecule has 0 fully saturated rings. The summed E-state index contributed by atoms with van der Waals surface area (Å²) in [6.45, 7) is 11.8. The Morgan fingerprint density at radius 2 is 1.73 bits per heavy atom. The van der Waals surface area contributed by atoms with Crippen LogP contribution in [0.5, 0.6) is 5.75 Å². The van der Waals surface area contributed by atoms with Crippen LogP contribution in [0, 0.1) is 13.8 Å². The number of unbranched alkanes of at least 4 members (excludes halogenated alkanes) is 1. The highest BCUT2D eigenvalue weighted by Crippen LogP contribution is 2.30. The Kier molecular flexibility index (Phi) is 7.91. The highest BCUT2D eigenvalue weighted by Gasteiger charge is 2.15. The van der Waals surface area contributed by atoms with E-state index in [2.05, 4.69) is 70.8 Å². The van der Waals surface area contributed by atoms with Gasteiger partial charge in [-0.25, -0.2) is 0 Å². The largest absolute Gasteiger partial charge is 0.493 e. The van der Waals surface area contributed by atoms with Crippen molar-refractivity contribution in [3.05, 3.63) is 28.8 Å². The summed E-state index contributed by atoms with van der Waals surface area (Å²) in [7, 11) is 6.40. The molecule has 0 amide bonds. The van der Waals surface area contributed by atoms with Gasteiger partial charge in [0.1, 0.15) is 5.75 Å². The number of benzene rings is 1. The summed E-state index contributed by atoms with van der Waals surface area (Å²) in [5, 5.41) is 0. The van der Waals surface area contributed by atoms with Crippen LogP contribution in [0.25, 0.3) is 0 Å². The molecule has 1 atom stereocenters. The van der Waals surface area contributed by atoms with Gasteiger partial charge in [-0.3, -0.25) is 4.90 Å². The summed E-state index contributed by atoms with van der Waals surface area (Å²) in [4.78, 5) is 4.58. The first-order valence-corrected chi connectivity index (χ1v) is 8.46. The number of ether oxygens (including phenoxy) is 1. The summed E-state index contributed by atoms with van der Waals surface area (Å²) in [5.41, 5.74) is 4.04. The highest BCUT2D eigenvalue weighted by molar-refractivity contribution is 5.44. The lowest BCUT2D eigenvalue weighted by molar-refractivity contribution is 0.273. The second-order valence-corrected chi connectivity index (χ2v) is 6.51. The molecule has 22 heavy (non-hydrogen) atoms. The lowest BCUT2D eigenvalue weighted by atomic mass is 9.97. The summed E-state index contributed by atoms with van der Waals surface area (Å²) >= 11 is 0. The number of rotatable bonds is 9. The van der Waals surface area contributed by atoms with Crippen LogP contribution < -0.4 is 4.74 Å². The second-order valence-electron chi connectivity index (χ2n) is 6.51. The topological polar surface area (TPSA) is 15.7 Å². The first-order chi connectivity index (χ1) is 10.4. The van der Waals surface area contributed by atoms with E-state index in [9.17, 15) is 0 Å². The molecule has 0 bridgehead atoms. The van der Waals surface area contributed by atoms with Crippen LogP contribution in [0.3, 0.4) is 0 Å². The second kappa shape index (κ2) is 9.16. The third-order valence-corrected chi connectivity index (χ3v) is 4.65. The molecule has 0 saturated carbocycles. The third kappa shape index (κ3) is 5.29. The molecule has 0 radical (unpaired) electrons. The van der Waals surface area contributed by atoms with E-state index in [1.165, 1.54) is 23.1 Å². The molecule has 0 heterocycles. The average Bonchev–Trinajstić information content (AvgIpc) is 2.49. The molecular weight excluding hydrogens is 272 g/mol. The first-order valence-electron chi connectivity index (χ1n) is 8.46. The SMILES string of the molecule is CCN(C)C(C)c1ccc(OCCCCN(C)C)c(C)c1C. The van der Waals surface area contributed by atoms with Crippen molar-refractivity contribution in [3.8, 4) is 5.75 Å². The van der Waals surface area contributed by atoms with Gasteiger partial charge in [-0.05, 0) is 90.6 Å². The van der Waals surface area contributed by atoms with E-state index in [4.69, 9.17) is 4.74 Å². The highest BCUT2D eigenvalue weighted by atomic mass is 16.5. The van der Waals surface area contributed by atoms with Gasteiger partial charge in [-0.1, -0.05) is 13.0 Å². The molecule has 0 aliphatic heterocycles. The van der Waals surface area contributed by atoms with Crippen LogP contribution in [-0.2, 0) is 0 Å². The zero-order chi connectivity index (χ0) is 16.7. The van der Waals surface area contributed by atoms with Gasteiger partial charge in [0.2, 0.25) is 0 Å². The van der Waals surface area contributed by atoms with Crippen molar-refractivity contribution >= 4 is 0 Å². The third-order valence-electron chi connectivity index (χ3n) is 4.65. The molecule has 126 valence electrons. The van der Waals surface area contributed by atoms with Crippen LogP contribution in [-0.4, -0.2) is 50.6 Å². The van der Waals surface area contributed by atoms with Crippen LogP contribution >= 0.6 is 0 Å². The maximum atomic E-state index is 5.99. The predicted molar refractivity (Wildman–Crippen MR) is 95.9 cm³/mol. The average molecular weight is 306 g/mol. The maximum absolute atomic E-state index is 5.99. The van der Waals surface area contributed by atoms with Gasteiger partial charge in [0.25, 0.3) is 0 Å². The number of hydrogen-bond donors (Lipinski definition) is 0. The van der Waals surface area contributed by atoms with E-state index in [0.29, 0.717) is 6.04 Å². The maximum Gasteiger partial charge on any atom is 0.122 e. The lowest BCUT2D eigenvalue weighted by Gasteiger charge is -2.26. The Morgan fingerprint density at radius 1 is 1.05 bits per heavy atom. The van der Waals surface area contributed by atoms with Gasteiger partial charge < -0.3 is 9.64 Å². The van der Waals surface area contributed by atoms with Crippen molar-refractivity contribution in [2.75, 3.05) is 40.8 Å². The van der Waals surface area contributed by atoms with Crippen molar-refractivity contribution in [1.82, 2.24) is 9.80 Å². The molecule has 0 aliphatic rings. The molecule has 1 unspecified atom stereocenters. The molecule has 0 saturated heterocycles. The minimum atomic E-state index is 0.442. The minimum absolute atomic E-state index is 0.442. The van der Waals surface area contributed by atoms with Crippen LogP contribution in [0.1, 0.15) is 49.4 Å². The van der Waals surface area contributed by atoms with Crippen LogP contribution in [0.15, 0.2) is 12.1 Å². The fraction of sp³-hybridized carbons (Fsp3) is 0.684. The Labute approximate surface area is 137 Å². The van der Waals surface area contributed by atoms with E-state index in [0.717, 1.165) is 31.9 Å².